The molecule has 3 rings (SSSR count). The van der Waals surface area contributed by atoms with E-state index in [4.69, 9.17) is 0 Å². The van der Waals surface area contributed by atoms with Gasteiger partial charge < -0.3 is 4.57 Å². The van der Waals surface area contributed by atoms with E-state index in [1.165, 1.54) is 0 Å². The highest BCUT2D eigenvalue weighted by Crippen LogP contribution is 2.24. The van der Waals surface area contributed by atoms with Gasteiger partial charge in [0, 0.05) is 7.05 Å². The van der Waals surface area contributed by atoms with E-state index >= 15 is 0 Å². The molecular formula is C16H16N2O3S2. The number of nitrogens with zero attached hydrogens (tertiary/aromatic N) is 1. The summed E-state index contributed by atoms with van der Waals surface area (Å²) in [6.07, 6.45) is 0. The van der Waals surface area contributed by atoms with Crippen LogP contribution in [0.3, 0.4) is 0 Å². The predicted molar refractivity (Wildman–Crippen MR) is 93.8 cm³/mol. The van der Waals surface area contributed by atoms with E-state index in [9.17, 15) is 13.2 Å². The van der Waals surface area contributed by atoms with Gasteiger partial charge in [0.25, 0.3) is 10.0 Å². The molecule has 0 unspecified atom stereocenters. The highest BCUT2D eigenvalue weighted by atomic mass is 32.2. The molecule has 1 heterocycles. The summed E-state index contributed by atoms with van der Waals surface area (Å²) in [5.74, 6) is 0. The lowest BCUT2D eigenvalue weighted by atomic mass is 10.2. The first-order valence-corrected chi connectivity index (χ1v) is 9.27. The van der Waals surface area contributed by atoms with Crippen LogP contribution in [0.25, 0.3) is 10.2 Å². The zero-order chi connectivity index (χ0) is 16.8. The van der Waals surface area contributed by atoms with Crippen molar-refractivity contribution in [2.75, 3.05) is 4.72 Å². The third-order valence-corrected chi connectivity index (χ3v) is 6.20. The number of aromatic nitrogens is 1. The highest BCUT2D eigenvalue weighted by molar-refractivity contribution is 7.92. The Morgan fingerprint density at radius 3 is 2.57 bits per heavy atom. The molecule has 0 bridgehead atoms. The molecule has 0 aliphatic carbocycles. The van der Waals surface area contributed by atoms with Crippen LogP contribution >= 0.6 is 11.3 Å². The van der Waals surface area contributed by atoms with Gasteiger partial charge in [0.2, 0.25) is 0 Å². The molecule has 7 heteroatoms. The van der Waals surface area contributed by atoms with Crippen LogP contribution in [0.4, 0.5) is 5.69 Å². The second-order valence-corrected chi connectivity index (χ2v) is 8.13. The number of thiazole rings is 1. The minimum absolute atomic E-state index is 0.0745. The summed E-state index contributed by atoms with van der Waals surface area (Å²) in [4.78, 5) is 11.9. The van der Waals surface area contributed by atoms with Crippen LogP contribution in [0, 0.1) is 13.8 Å². The molecule has 5 nitrogen and oxygen atoms in total. The van der Waals surface area contributed by atoms with Gasteiger partial charge in [0.05, 0.1) is 20.8 Å². The van der Waals surface area contributed by atoms with Gasteiger partial charge in [-0.05, 0) is 49.2 Å². The molecule has 0 amide bonds. The van der Waals surface area contributed by atoms with E-state index < -0.39 is 10.0 Å². The number of sulfonamides is 1. The smallest absolute Gasteiger partial charge is 0.302 e. The standard InChI is InChI=1S/C16H16N2O3S2/c1-10-4-5-11(2)15(8-10)23(20,21)17-12-6-7-13-14(9-12)22-16(19)18(13)3/h4-9,17H,1-3H3. The topological polar surface area (TPSA) is 68.2 Å². The van der Waals surface area contributed by atoms with Gasteiger partial charge in [0.15, 0.2) is 0 Å². The number of nitrogens with one attached hydrogen (secondary N) is 1. The minimum atomic E-state index is -3.67. The SMILES string of the molecule is Cc1ccc(C)c(S(=O)(=O)Nc2ccc3c(c2)sc(=O)n3C)c1. The van der Waals surface area contributed by atoms with Gasteiger partial charge in [0.1, 0.15) is 0 Å². The number of hydrogen-bond donors (Lipinski definition) is 1. The number of fused-ring (bicyclic) bond motifs is 1. The van der Waals surface area contributed by atoms with Crippen molar-refractivity contribution in [3.8, 4) is 0 Å². The average molecular weight is 348 g/mol. The van der Waals surface area contributed by atoms with Crippen LogP contribution in [0.15, 0.2) is 46.1 Å². The summed E-state index contributed by atoms with van der Waals surface area (Å²) < 4.78 is 30.1. The molecule has 0 saturated carbocycles. The molecule has 0 saturated heterocycles. The fourth-order valence-corrected chi connectivity index (χ4v) is 4.70. The number of aryl methyl sites for hydroxylation is 3. The molecule has 2 aromatic carbocycles. The van der Waals surface area contributed by atoms with Crippen molar-refractivity contribution in [3.63, 3.8) is 0 Å². The zero-order valence-electron chi connectivity index (χ0n) is 13.0. The van der Waals surface area contributed by atoms with Crippen molar-refractivity contribution in [3.05, 3.63) is 57.2 Å². The molecule has 0 aliphatic rings. The molecule has 0 spiro atoms. The Morgan fingerprint density at radius 2 is 1.83 bits per heavy atom. The monoisotopic (exact) mass is 348 g/mol. The van der Waals surface area contributed by atoms with E-state index in [-0.39, 0.29) is 9.77 Å². The molecule has 0 fully saturated rings. The van der Waals surface area contributed by atoms with Crippen molar-refractivity contribution in [2.24, 2.45) is 7.05 Å². The molecule has 3 aromatic rings. The van der Waals surface area contributed by atoms with Crippen LogP contribution < -0.4 is 9.60 Å². The second kappa shape index (κ2) is 5.50. The summed E-state index contributed by atoms with van der Waals surface area (Å²) in [6, 6.07) is 10.4. The molecule has 1 aromatic heterocycles. The lowest BCUT2D eigenvalue weighted by molar-refractivity contribution is 0.600. The minimum Gasteiger partial charge on any atom is -0.302 e. The normalized spacial score (nSPS) is 11.8. The number of benzene rings is 2. The van der Waals surface area contributed by atoms with Gasteiger partial charge in [-0.25, -0.2) is 8.42 Å². The van der Waals surface area contributed by atoms with Crippen molar-refractivity contribution in [2.45, 2.75) is 18.7 Å². The van der Waals surface area contributed by atoms with E-state index in [0.717, 1.165) is 27.1 Å². The van der Waals surface area contributed by atoms with E-state index in [0.29, 0.717) is 11.3 Å². The third kappa shape index (κ3) is 2.89. The van der Waals surface area contributed by atoms with Crippen LogP contribution in [0.1, 0.15) is 11.1 Å². The van der Waals surface area contributed by atoms with Gasteiger partial charge in [-0.3, -0.25) is 9.52 Å². The van der Waals surface area contributed by atoms with Crippen molar-refractivity contribution >= 4 is 37.3 Å². The summed E-state index contributed by atoms with van der Waals surface area (Å²) in [5, 5.41) is 0. The maximum atomic E-state index is 12.6. The first-order valence-electron chi connectivity index (χ1n) is 6.97. The predicted octanol–water partition coefficient (Wildman–Crippen LogP) is 3.02. The fraction of sp³-hybridized carbons (Fsp3) is 0.188. The maximum Gasteiger partial charge on any atom is 0.307 e. The van der Waals surface area contributed by atoms with E-state index in [1.54, 1.807) is 48.9 Å². The molecule has 23 heavy (non-hydrogen) atoms. The molecule has 120 valence electrons. The lowest BCUT2D eigenvalue weighted by Gasteiger charge is -2.11. The lowest BCUT2D eigenvalue weighted by Crippen LogP contribution is -2.14. The second-order valence-electron chi connectivity index (χ2n) is 5.48. The van der Waals surface area contributed by atoms with Gasteiger partial charge in [-0.1, -0.05) is 23.5 Å². The number of rotatable bonds is 3. The van der Waals surface area contributed by atoms with Crippen LogP contribution in [-0.4, -0.2) is 13.0 Å². The summed E-state index contributed by atoms with van der Waals surface area (Å²) in [7, 11) is -1.97. The Labute approximate surface area is 138 Å². The van der Waals surface area contributed by atoms with Crippen LogP contribution in [0.5, 0.6) is 0 Å². The average Bonchev–Trinajstić information content (AvgIpc) is 2.75. The van der Waals surface area contributed by atoms with Crippen molar-refractivity contribution in [1.29, 1.82) is 0 Å². The van der Waals surface area contributed by atoms with E-state index in [2.05, 4.69) is 4.72 Å². The Balaban J connectivity index is 2.03. The van der Waals surface area contributed by atoms with E-state index in [1.807, 2.05) is 13.0 Å². The van der Waals surface area contributed by atoms with Crippen LogP contribution in [0.2, 0.25) is 0 Å². The number of anilines is 1. The van der Waals surface area contributed by atoms with Crippen molar-refractivity contribution < 1.29 is 8.42 Å². The van der Waals surface area contributed by atoms with Crippen molar-refractivity contribution in [1.82, 2.24) is 4.57 Å². The largest absolute Gasteiger partial charge is 0.307 e. The Kier molecular flexibility index (Phi) is 3.77. The number of hydrogen-bond acceptors (Lipinski definition) is 4. The first kappa shape index (κ1) is 15.8. The molecule has 0 aliphatic heterocycles. The summed E-state index contributed by atoms with van der Waals surface area (Å²) in [5.41, 5.74) is 2.80. The Bertz CT molecular complexity index is 1060. The van der Waals surface area contributed by atoms with Gasteiger partial charge in [-0.15, -0.1) is 0 Å². The van der Waals surface area contributed by atoms with Gasteiger partial charge in [-0.2, -0.15) is 0 Å². The summed E-state index contributed by atoms with van der Waals surface area (Å²) in [6.45, 7) is 3.62. The molecular weight excluding hydrogens is 332 g/mol. The summed E-state index contributed by atoms with van der Waals surface area (Å²) >= 11 is 1.09. The molecule has 1 N–H and O–H groups in total. The van der Waals surface area contributed by atoms with Gasteiger partial charge >= 0.3 is 4.87 Å². The van der Waals surface area contributed by atoms with Crippen LogP contribution in [-0.2, 0) is 17.1 Å². The first-order chi connectivity index (χ1) is 10.8. The Morgan fingerprint density at radius 1 is 1.09 bits per heavy atom. The quantitative estimate of drug-likeness (QED) is 0.791. The Hall–Kier alpha value is -2.12. The highest BCUT2D eigenvalue weighted by Gasteiger charge is 2.17. The molecule has 0 atom stereocenters. The third-order valence-electron chi connectivity index (χ3n) is 3.68. The maximum absolute atomic E-state index is 12.6. The zero-order valence-corrected chi connectivity index (χ0v) is 14.6. The fourth-order valence-electron chi connectivity index (χ4n) is 2.40. The molecule has 0 radical (unpaired) electrons.